The van der Waals surface area contributed by atoms with Crippen LogP contribution in [-0.2, 0) is 4.79 Å². The number of nitrogens with zero attached hydrogens (tertiary/aromatic N) is 1. The Morgan fingerprint density at radius 1 is 1.32 bits per heavy atom. The van der Waals surface area contributed by atoms with Gasteiger partial charge in [0.15, 0.2) is 0 Å². The molecule has 7 heteroatoms. The molecule has 0 unspecified atom stereocenters. The van der Waals surface area contributed by atoms with E-state index in [1.165, 1.54) is 0 Å². The van der Waals surface area contributed by atoms with E-state index in [1.807, 2.05) is 13.0 Å². The third-order valence-electron chi connectivity index (χ3n) is 2.99. The molecule has 1 aromatic carbocycles. The number of benzene rings is 1. The summed E-state index contributed by atoms with van der Waals surface area (Å²) < 4.78 is 0. The highest BCUT2D eigenvalue weighted by molar-refractivity contribution is 6.33. The number of carbonyl (C=O) groups is 2. The fraction of sp³-hybridized carbons (Fsp3) is 0.400. The van der Waals surface area contributed by atoms with Gasteiger partial charge in [0.1, 0.15) is 0 Å². The van der Waals surface area contributed by atoms with Crippen LogP contribution in [0.25, 0.3) is 0 Å². The quantitative estimate of drug-likeness (QED) is 0.748. The number of hydrogen-bond donors (Lipinski definition) is 3. The van der Waals surface area contributed by atoms with Crippen LogP contribution in [-0.4, -0.2) is 18.0 Å². The molecule has 0 aliphatic rings. The second kappa shape index (κ2) is 8.90. The van der Waals surface area contributed by atoms with Crippen molar-refractivity contribution in [2.75, 3.05) is 10.6 Å². The zero-order valence-electron chi connectivity index (χ0n) is 12.6. The van der Waals surface area contributed by atoms with Gasteiger partial charge in [0.2, 0.25) is 5.91 Å². The van der Waals surface area contributed by atoms with E-state index in [1.54, 1.807) is 25.1 Å². The summed E-state index contributed by atoms with van der Waals surface area (Å²) in [6, 6.07) is 6.20. The molecule has 0 spiro atoms. The molecule has 0 heterocycles. The van der Waals surface area contributed by atoms with Crippen LogP contribution < -0.4 is 16.0 Å². The second-order valence-corrected chi connectivity index (χ2v) is 5.07. The first-order valence-corrected chi connectivity index (χ1v) is 7.41. The molecule has 3 N–H and O–H groups in total. The van der Waals surface area contributed by atoms with E-state index in [9.17, 15) is 9.59 Å². The van der Waals surface area contributed by atoms with Crippen molar-refractivity contribution in [1.82, 2.24) is 5.32 Å². The lowest BCUT2D eigenvalue weighted by Crippen LogP contribution is -2.37. The van der Waals surface area contributed by atoms with Gasteiger partial charge < -0.3 is 16.0 Å². The summed E-state index contributed by atoms with van der Waals surface area (Å²) in [5.74, 6) is -0.127. The maximum atomic E-state index is 11.9. The van der Waals surface area contributed by atoms with Crippen LogP contribution in [0.15, 0.2) is 18.2 Å². The number of anilines is 2. The van der Waals surface area contributed by atoms with E-state index in [0.717, 1.165) is 0 Å². The Kier molecular flexibility index (Phi) is 7.20. The SMILES string of the molecule is CCC(=O)Nc1ccc(Cl)c(NC(=O)N[C@@H](CC)CC#N)c1. The molecule has 118 valence electrons. The Morgan fingerprint density at radius 2 is 2.05 bits per heavy atom. The molecule has 6 nitrogen and oxygen atoms in total. The molecule has 0 aromatic heterocycles. The number of amides is 3. The van der Waals surface area contributed by atoms with Crippen molar-refractivity contribution >= 4 is 34.9 Å². The molecule has 0 saturated heterocycles. The van der Waals surface area contributed by atoms with Crippen LogP contribution in [0.1, 0.15) is 33.1 Å². The summed E-state index contributed by atoms with van der Waals surface area (Å²) >= 11 is 6.03. The first-order chi connectivity index (χ1) is 10.5. The predicted molar refractivity (Wildman–Crippen MR) is 86.8 cm³/mol. The topological polar surface area (TPSA) is 94.0 Å². The molecule has 0 saturated carbocycles. The van der Waals surface area contributed by atoms with Gasteiger partial charge >= 0.3 is 6.03 Å². The zero-order chi connectivity index (χ0) is 16.5. The summed E-state index contributed by atoms with van der Waals surface area (Å²) in [6.45, 7) is 3.63. The first kappa shape index (κ1) is 17.8. The molecule has 0 fully saturated rings. The average molecular weight is 323 g/mol. The smallest absolute Gasteiger partial charge is 0.319 e. The third-order valence-corrected chi connectivity index (χ3v) is 3.31. The second-order valence-electron chi connectivity index (χ2n) is 4.66. The lowest BCUT2D eigenvalue weighted by Gasteiger charge is -2.15. The Hall–Kier alpha value is -2.26. The lowest BCUT2D eigenvalue weighted by molar-refractivity contribution is -0.115. The molecule has 1 rings (SSSR count). The number of carbonyl (C=O) groups excluding carboxylic acids is 2. The van der Waals surface area contributed by atoms with Gasteiger partial charge in [-0.2, -0.15) is 5.26 Å². The van der Waals surface area contributed by atoms with E-state index in [-0.39, 0.29) is 18.4 Å². The van der Waals surface area contributed by atoms with Gasteiger partial charge in [-0.25, -0.2) is 4.79 Å². The van der Waals surface area contributed by atoms with Crippen molar-refractivity contribution in [3.8, 4) is 6.07 Å². The Labute approximate surface area is 134 Å². The highest BCUT2D eigenvalue weighted by atomic mass is 35.5. The minimum Gasteiger partial charge on any atom is -0.334 e. The molecule has 1 aromatic rings. The third kappa shape index (κ3) is 5.62. The van der Waals surface area contributed by atoms with Crippen LogP contribution in [0.3, 0.4) is 0 Å². The van der Waals surface area contributed by atoms with Crippen LogP contribution in [0.2, 0.25) is 5.02 Å². The van der Waals surface area contributed by atoms with E-state index < -0.39 is 6.03 Å². The predicted octanol–water partition coefficient (Wildman–Crippen LogP) is 3.50. The first-order valence-electron chi connectivity index (χ1n) is 7.04. The molecular weight excluding hydrogens is 304 g/mol. The maximum absolute atomic E-state index is 11.9. The number of urea groups is 1. The fourth-order valence-electron chi connectivity index (χ4n) is 1.70. The minimum atomic E-state index is -0.442. The highest BCUT2D eigenvalue weighted by Crippen LogP contribution is 2.25. The van der Waals surface area contributed by atoms with Crippen molar-refractivity contribution in [3.05, 3.63) is 23.2 Å². The minimum absolute atomic E-state index is 0.127. The largest absolute Gasteiger partial charge is 0.334 e. The van der Waals surface area contributed by atoms with E-state index in [2.05, 4.69) is 16.0 Å². The van der Waals surface area contributed by atoms with Gasteiger partial charge in [0.25, 0.3) is 0 Å². The highest BCUT2D eigenvalue weighted by Gasteiger charge is 2.12. The van der Waals surface area contributed by atoms with Crippen molar-refractivity contribution in [1.29, 1.82) is 5.26 Å². The Bertz CT molecular complexity index is 583. The van der Waals surface area contributed by atoms with Crippen molar-refractivity contribution in [3.63, 3.8) is 0 Å². The van der Waals surface area contributed by atoms with Crippen LogP contribution in [0.4, 0.5) is 16.2 Å². The number of nitrogens with one attached hydrogen (secondary N) is 3. The normalized spacial score (nSPS) is 11.2. The fourth-order valence-corrected chi connectivity index (χ4v) is 1.86. The van der Waals surface area contributed by atoms with Crippen LogP contribution in [0.5, 0.6) is 0 Å². The van der Waals surface area contributed by atoms with Crippen molar-refractivity contribution < 1.29 is 9.59 Å². The Morgan fingerprint density at radius 3 is 2.64 bits per heavy atom. The van der Waals surface area contributed by atoms with Crippen molar-refractivity contribution in [2.45, 2.75) is 39.2 Å². The standard InChI is InChI=1S/C15H19ClN4O2/c1-3-10(7-8-17)19-15(22)20-13-9-11(5-6-12(13)16)18-14(21)4-2/h5-6,9-10H,3-4,7H2,1-2H3,(H,18,21)(H2,19,20,22)/t10-/m0/s1. The van der Waals surface area contributed by atoms with Gasteiger partial charge in [-0.05, 0) is 24.6 Å². The summed E-state index contributed by atoms with van der Waals surface area (Å²) in [6.07, 6.45) is 1.25. The number of rotatable bonds is 6. The molecule has 0 aliphatic heterocycles. The van der Waals surface area contributed by atoms with Gasteiger partial charge in [0.05, 0.1) is 23.2 Å². The Balaban J connectivity index is 2.75. The van der Waals surface area contributed by atoms with Gasteiger partial charge in [-0.15, -0.1) is 0 Å². The zero-order valence-corrected chi connectivity index (χ0v) is 13.3. The monoisotopic (exact) mass is 322 g/mol. The lowest BCUT2D eigenvalue weighted by atomic mass is 10.2. The summed E-state index contributed by atoms with van der Waals surface area (Å²) in [5.41, 5.74) is 0.940. The van der Waals surface area contributed by atoms with Gasteiger partial charge in [-0.1, -0.05) is 25.4 Å². The summed E-state index contributed by atoms with van der Waals surface area (Å²) in [7, 11) is 0. The molecule has 0 radical (unpaired) electrons. The molecule has 0 bridgehead atoms. The summed E-state index contributed by atoms with van der Waals surface area (Å²) in [5, 5.41) is 17.0. The number of hydrogen-bond acceptors (Lipinski definition) is 3. The molecule has 22 heavy (non-hydrogen) atoms. The van der Waals surface area contributed by atoms with Gasteiger partial charge in [-0.3, -0.25) is 4.79 Å². The molecular formula is C15H19ClN4O2. The van der Waals surface area contributed by atoms with Gasteiger partial charge in [0, 0.05) is 18.2 Å². The molecule has 1 atom stereocenters. The van der Waals surface area contributed by atoms with Crippen molar-refractivity contribution in [2.24, 2.45) is 0 Å². The van der Waals surface area contributed by atoms with E-state index in [4.69, 9.17) is 16.9 Å². The molecule has 0 aliphatic carbocycles. The summed E-state index contributed by atoms with van der Waals surface area (Å²) in [4.78, 5) is 23.3. The average Bonchev–Trinajstić information content (AvgIpc) is 2.49. The van der Waals surface area contributed by atoms with E-state index in [0.29, 0.717) is 29.2 Å². The number of halogens is 1. The van der Waals surface area contributed by atoms with E-state index >= 15 is 0 Å². The van der Waals surface area contributed by atoms with Crippen LogP contribution in [0, 0.1) is 11.3 Å². The van der Waals surface area contributed by atoms with Crippen LogP contribution >= 0.6 is 11.6 Å². The maximum Gasteiger partial charge on any atom is 0.319 e. The molecule has 3 amide bonds. The number of nitriles is 1.